The van der Waals surface area contributed by atoms with Gasteiger partial charge in [0.1, 0.15) is 0 Å². The maximum atomic E-state index is 10.8. The summed E-state index contributed by atoms with van der Waals surface area (Å²) in [4.78, 5) is 10.8. The molecule has 1 heterocycles. The molecule has 1 saturated carbocycles. The first kappa shape index (κ1) is 9.00. The largest absolute Gasteiger partial charge is 0.481 e. The molecule has 0 aromatic carbocycles. The number of carboxylic acid groups (broad SMARTS) is 1. The number of nitrogens with one attached hydrogen (secondary N) is 1. The molecule has 1 aliphatic heterocycles. The number of hydrogen-bond donors (Lipinski definition) is 2. The zero-order valence-electron chi connectivity index (χ0n) is 7.88. The van der Waals surface area contributed by atoms with Gasteiger partial charge in [0.05, 0.1) is 6.42 Å². The summed E-state index contributed by atoms with van der Waals surface area (Å²) in [7, 11) is 0. The molecule has 74 valence electrons. The highest BCUT2D eigenvalue weighted by Crippen LogP contribution is 2.46. The van der Waals surface area contributed by atoms with E-state index in [-0.39, 0.29) is 5.41 Å². The Bertz CT molecular complexity index is 217. The van der Waals surface area contributed by atoms with E-state index in [2.05, 4.69) is 5.32 Å². The van der Waals surface area contributed by atoms with Crippen LogP contribution in [0.15, 0.2) is 0 Å². The summed E-state index contributed by atoms with van der Waals surface area (Å²) < 4.78 is 0. The lowest BCUT2D eigenvalue weighted by atomic mass is 9.66. The van der Waals surface area contributed by atoms with Gasteiger partial charge in [0.15, 0.2) is 0 Å². The summed E-state index contributed by atoms with van der Waals surface area (Å²) in [5, 5.41) is 12.2. The fourth-order valence-electron chi connectivity index (χ4n) is 3.02. The number of carbonyl (C=O) groups is 1. The van der Waals surface area contributed by atoms with E-state index in [4.69, 9.17) is 5.11 Å². The smallest absolute Gasteiger partial charge is 0.303 e. The predicted molar refractivity (Wildman–Crippen MR) is 49.5 cm³/mol. The third-order valence-corrected chi connectivity index (χ3v) is 3.71. The van der Waals surface area contributed by atoms with Crippen LogP contribution in [0, 0.1) is 11.3 Å². The molecule has 3 heteroatoms. The van der Waals surface area contributed by atoms with E-state index < -0.39 is 5.97 Å². The molecule has 1 aliphatic carbocycles. The first-order valence-electron chi connectivity index (χ1n) is 5.15. The third-order valence-electron chi connectivity index (χ3n) is 3.71. The van der Waals surface area contributed by atoms with Crippen LogP contribution in [-0.2, 0) is 4.79 Å². The zero-order valence-corrected chi connectivity index (χ0v) is 7.88. The maximum Gasteiger partial charge on any atom is 0.303 e. The normalized spacial score (nSPS) is 38.6. The molecule has 2 N–H and O–H groups in total. The highest BCUT2D eigenvalue weighted by molar-refractivity contribution is 5.68. The second kappa shape index (κ2) is 3.29. The maximum absolute atomic E-state index is 10.8. The van der Waals surface area contributed by atoms with E-state index >= 15 is 0 Å². The quantitative estimate of drug-likeness (QED) is 0.677. The van der Waals surface area contributed by atoms with Crippen molar-refractivity contribution in [3.05, 3.63) is 0 Å². The third kappa shape index (κ3) is 1.57. The van der Waals surface area contributed by atoms with Crippen LogP contribution in [0.2, 0.25) is 0 Å². The van der Waals surface area contributed by atoms with E-state index in [9.17, 15) is 4.79 Å². The number of carboxylic acids is 1. The van der Waals surface area contributed by atoms with Crippen molar-refractivity contribution < 1.29 is 9.90 Å². The van der Waals surface area contributed by atoms with Crippen molar-refractivity contribution in [1.29, 1.82) is 0 Å². The second-order valence-electron chi connectivity index (χ2n) is 4.51. The van der Waals surface area contributed by atoms with Crippen LogP contribution in [0.5, 0.6) is 0 Å². The summed E-state index contributed by atoms with van der Waals surface area (Å²) >= 11 is 0. The lowest BCUT2D eigenvalue weighted by molar-refractivity contribution is -0.140. The van der Waals surface area contributed by atoms with Crippen LogP contribution in [-0.4, -0.2) is 24.2 Å². The van der Waals surface area contributed by atoms with Crippen LogP contribution < -0.4 is 5.32 Å². The van der Waals surface area contributed by atoms with Crippen molar-refractivity contribution in [2.45, 2.75) is 32.1 Å². The van der Waals surface area contributed by atoms with Gasteiger partial charge >= 0.3 is 5.97 Å². The van der Waals surface area contributed by atoms with Gasteiger partial charge in [-0.05, 0) is 30.7 Å². The first-order chi connectivity index (χ1) is 6.23. The van der Waals surface area contributed by atoms with Crippen molar-refractivity contribution in [3.63, 3.8) is 0 Å². The van der Waals surface area contributed by atoms with Crippen LogP contribution in [0.4, 0.5) is 0 Å². The molecule has 0 aromatic rings. The van der Waals surface area contributed by atoms with Gasteiger partial charge in [-0.15, -0.1) is 0 Å². The standard InChI is InChI=1S/C10H17NO2/c12-9(13)5-10-4-2-1-3-8(10)6-11-7-10/h8,11H,1-7H2,(H,12,13)/t8?,10-/m1/s1. The Morgan fingerprint density at radius 1 is 1.54 bits per heavy atom. The van der Waals surface area contributed by atoms with Crippen molar-refractivity contribution in [2.24, 2.45) is 11.3 Å². The van der Waals surface area contributed by atoms with Crippen LogP contribution in [0.1, 0.15) is 32.1 Å². The monoisotopic (exact) mass is 183 g/mol. The molecule has 0 spiro atoms. The van der Waals surface area contributed by atoms with Gasteiger partial charge in [0, 0.05) is 6.54 Å². The van der Waals surface area contributed by atoms with Crippen LogP contribution >= 0.6 is 0 Å². The van der Waals surface area contributed by atoms with Crippen LogP contribution in [0.25, 0.3) is 0 Å². The highest BCUT2D eigenvalue weighted by atomic mass is 16.4. The van der Waals surface area contributed by atoms with Gasteiger partial charge < -0.3 is 10.4 Å². The van der Waals surface area contributed by atoms with Gasteiger partial charge in [-0.25, -0.2) is 0 Å². The number of aliphatic carboxylic acids is 1. The molecule has 0 amide bonds. The second-order valence-corrected chi connectivity index (χ2v) is 4.51. The SMILES string of the molecule is O=C(O)C[C@@]12CCCCC1CNC2. The minimum atomic E-state index is -0.629. The number of fused-ring (bicyclic) bond motifs is 1. The van der Waals surface area contributed by atoms with Gasteiger partial charge in [0.2, 0.25) is 0 Å². The zero-order chi connectivity index (χ0) is 9.31. The Hall–Kier alpha value is -0.570. The molecule has 1 saturated heterocycles. The van der Waals surface area contributed by atoms with E-state index in [0.717, 1.165) is 19.5 Å². The molecule has 0 aromatic heterocycles. The fraction of sp³-hybridized carbons (Fsp3) is 0.900. The van der Waals surface area contributed by atoms with Gasteiger partial charge in [-0.1, -0.05) is 12.8 Å². The van der Waals surface area contributed by atoms with Crippen LogP contribution in [0.3, 0.4) is 0 Å². The Labute approximate surface area is 78.5 Å². The first-order valence-corrected chi connectivity index (χ1v) is 5.15. The van der Waals surface area contributed by atoms with Crippen molar-refractivity contribution in [1.82, 2.24) is 5.32 Å². The summed E-state index contributed by atoms with van der Waals surface area (Å²) in [6.07, 6.45) is 5.20. The number of rotatable bonds is 2. The predicted octanol–water partition coefficient (Wildman–Crippen LogP) is 1.24. The summed E-state index contributed by atoms with van der Waals surface area (Å²) in [6, 6.07) is 0. The van der Waals surface area contributed by atoms with Gasteiger partial charge in [0.25, 0.3) is 0 Å². The average Bonchev–Trinajstić information content (AvgIpc) is 2.45. The molecule has 0 bridgehead atoms. The molecule has 2 fully saturated rings. The lowest BCUT2D eigenvalue weighted by Crippen LogP contribution is -2.35. The highest BCUT2D eigenvalue weighted by Gasteiger charge is 2.45. The molecule has 2 atom stereocenters. The molecule has 2 rings (SSSR count). The minimum absolute atomic E-state index is 0.101. The molecular weight excluding hydrogens is 166 g/mol. The topological polar surface area (TPSA) is 49.3 Å². The van der Waals surface area contributed by atoms with Crippen molar-refractivity contribution in [2.75, 3.05) is 13.1 Å². The summed E-state index contributed by atoms with van der Waals surface area (Å²) in [5.74, 6) is -0.00653. The Balaban J connectivity index is 2.11. The Morgan fingerprint density at radius 3 is 3.15 bits per heavy atom. The Kier molecular flexibility index (Phi) is 2.28. The van der Waals surface area contributed by atoms with Crippen molar-refractivity contribution in [3.8, 4) is 0 Å². The minimum Gasteiger partial charge on any atom is -0.481 e. The molecular formula is C10H17NO2. The molecule has 3 nitrogen and oxygen atoms in total. The average molecular weight is 183 g/mol. The van der Waals surface area contributed by atoms with Gasteiger partial charge in [-0.2, -0.15) is 0 Å². The summed E-state index contributed by atoms with van der Waals surface area (Å²) in [6.45, 7) is 1.96. The fourth-order valence-corrected chi connectivity index (χ4v) is 3.02. The van der Waals surface area contributed by atoms with E-state index in [1.165, 1.54) is 19.3 Å². The molecule has 13 heavy (non-hydrogen) atoms. The van der Waals surface area contributed by atoms with Gasteiger partial charge in [-0.3, -0.25) is 4.79 Å². The molecule has 2 aliphatic rings. The Morgan fingerprint density at radius 2 is 2.38 bits per heavy atom. The van der Waals surface area contributed by atoms with E-state index in [1.54, 1.807) is 0 Å². The molecule has 1 unspecified atom stereocenters. The summed E-state index contributed by atoms with van der Waals surface area (Å²) in [5.41, 5.74) is 0.101. The van der Waals surface area contributed by atoms with E-state index in [1.807, 2.05) is 0 Å². The lowest BCUT2D eigenvalue weighted by Gasteiger charge is -2.37. The molecule has 0 radical (unpaired) electrons. The van der Waals surface area contributed by atoms with Crippen molar-refractivity contribution >= 4 is 5.97 Å². The number of hydrogen-bond acceptors (Lipinski definition) is 2. The van der Waals surface area contributed by atoms with E-state index in [0.29, 0.717) is 12.3 Å².